The van der Waals surface area contributed by atoms with Crippen LogP contribution >= 0.6 is 0 Å². The van der Waals surface area contributed by atoms with Crippen molar-refractivity contribution in [1.82, 2.24) is 9.97 Å². The molecule has 1 aromatic heterocycles. The average molecular weight is 610 g/mol. The number of rotatable bonds is 9. The highest BCUT2D eigenvalue weighted by molar-refractivity contribution is 6.69. The monoisotopic (exact) mass is 609 g/mol. The first-order chi connectivity index (χ1) is 23.2. The molecule has 0 radical (unpaired) electrons. The maximum atomic E-state index is 9.31. The quantitative estimate of drug-likeness (QED) is 0.112. The Bertz CT molecular complexity index is 2020. The molecule has 7 nitrogen and oxygen atoms in total. The molecule has 47 heavy (non-hydrogen) atoms. The third kappa shape index (κ3) is 6.60. The van der Waals surface area contributed by atoms with E-state index in [4.69, 9.17) is 0 Å². The van der Waals surface area contributed by atoms with Gasteiger partial charge in [-0.1, -0.05) is 91.0 Å². The van der Waals surface area contributed by atoms with Crippen LogP contribution in [0.2, 0.25) is 0 Å². The summed E-state index contributed by atoms with van der Waals surface area (Å²) in [6, 6.07) is 48.8. The molecule has 7 heteroatoms. The molecule has 0 saturated heterocycles. The zero-order valence-electron chi connectivity index (χ0n) is 25.5. The number of hydrazone groups is 1. The van der Waals surface area contributed by atoms with Gasteiger partial charge in [0, 0.05) is 52.0 Å². The van der Waals surface area contributed by atoms with Crippen molar-refractivity contribution in [3.05, 3.63) is 181 Å². The third-order valence-corrected chi connectivity index (χ3v) is 7.74. The van der Waals surface area contributed by atoms with Crippen molar-refractivity contribution < 1.29 is 0 Å². The highest BCUT2D eigenvalue weighted by atomic mass is 15.4. The predicted molar refractivity (Wildman–Crippen MR) is 194 cm³/mol. The molecule has 7 rings (SSSR count). The Hall–Kier alpha value is -6.60. The van der Waals surface area contributed by atoms with E-state index < -0.39 is 0 Å². The summed E-state index contributed by atoms with van der Waals surface area (Å²) in [4.78, 5) is 10.7. The highest BCUT2D eigenvalue weighted by Crippen LogP contribution is 2.36. The number of anilines is 6. The second kappa shape index (κ2) is 13.6. The fraction of sp³-hybridized carbons (Fsp3) is 0. The summed E-state index contributed by atoms with van der Waals surface area (Å²) >= 11 is 0. The number of benzene rings is 5. The Kier molecular flexibility index (Phi) is 8.42. The van der Waals surface area contributed by atoms with Crippen LogP contribution in [0.25, 0.3) is 11.1 Å². The third-order valence-electron chi connectivity index (χ3n) is 7.74. The van der Waals surface area contributed by atoms with Crippen LogP contribution in [0.5, 0.6) is 0 Å². The van der Waals surface area contributed by atoms with Gasteiger partial charge >= 0.3 is 0 Å². The van der Waals surface area contributed by atoms with Crippen LogP contribution in [-0.2, 0) is 0 Å². The molecule has 5 aromatic carbocycles. The normalized spacial score (nSPS) is 13.4. The zero-order valence-corrected chi connectivity index (χ0v) is 25.5. The number of nitrogens with one attached hydrogen (secondary N) is 3. The van der Waals surface area contributed by atoms with E-state index in [9.17, 15) is 5.41 Å². The van der Waals surface area contributed by atoms with Crippen LogP contribution in [0.15, 0.2) is 175 Å². The first-order valence-electron chi connectivity index (χ1n) is 15.3. The molecular formula is C40H31N7. The van der Waals surface area contributed by atoms with E-state index in [1.807, 2.05) is 103 Å². The van der Waals surface area contributed by atoms with E-state index in [2.05, 4.69) is 79.2 Å². The first kappa shape index (κ1) is 29.1. The van der Waals surface area contributed by atoms with Gasteiger partial charge in [-0.3, -0.25) is 5.41 Å². The molecule has 6 aromatic rings. The molecule has 226 valence electrons. The lowest BCUT2D eigenvalue weighted by Crippen LogP contribution is -2.21. The molecule has 0 amide bonds. The minimum Gasteiger partial charge on any atom is -0.356 e. The Morgan fingerprint density at radius 1 is 0.511 bits per heavy atom. The second-order valence-electron chi connectivity index (χ2n) is 10.8. The fourth-order valence-electron chi connectivity index (χ4n) is 5.46. The molecule has 3 N–H and O–H groups in total. The predicted octanol–water partition coefficient (Wildman–Crippen LogP) is 9.66. The Morgan fingerprint density at radius 3 is 1.62 bits per heavy atom. The van der Waals surface area contributed by atoms with Gasteiger partial charge in [-0.25, -0.2) is 15.4 Å². The Labute approximate surface area is 273 Å². The van der Waals surface area contributed by atoms with Crippen molar-refractivity contribution in [3.8, 4) is 0 Å². The van der Waals surface area contributed by atoms with Crippen molar-refractivity contribution in [1.29, 1.82) is 5.41 Å². The van der Waals surface area contributed by atoms with E-state index >= 15 is 0 Å². The molecule has 0 saturated carbocycles. The number of hydrogen-bond acceptors (Lipinski definition) is 7. The van der Waals surface area contributed by atoms with Gasteiger partial charge in [0.25, 0.3) is 0 Å². The van der Waals surface area contributed by atoms with Gasteiger partial charge in [-0.05, 0) is 77.9 Å². The molecule has 0 fully saturated rings. The van der Waals surface area contributed by atoms with Crippen LogP contribution < -0.4 is 15.6 Å². The van der Waals surface area contributed by atoms with E-state index in [1.165, 1.54) is 0 Å². The van der Waals surface area contributed by atoms with Crippen molar-refractivity contribution in [3.63, 3.8) is 0 Å². The largest absolute Gasteiger partial charge is 0.356 e. The van der Waals surface area contributed by atoms with Crippen LogP contribution in [-0.4, -0.2) is 21.4 Å². The smallest absolute Gasteiger partial charge is 0.243 e. The summed E-state index contributed by atoms with van der Waals surface area (Å²) in [6.45, 7) is 0. The first-order valence-corrected chi connectivity index (χ1v) is 15.3. The van der Waals surface area contributed by atoms with Crippen LogP contribution in [0.4, 0.5) is 34.4 Å². The average Bonchev–Trinajstić information content (AvgIpc) is 3.14. The fourth-order valence-corrected chi connectivity index (χ4v) is 5.46. The maximum Gasteiger partial charge on any atom is 0.243 e. The van der Waals surface area contributed by atoms with E-state index in [-0.39, 0.29) is 0 Å². The number of hydrogen-bond donors (Lipinski definition) is 3. The summed E-state index contributed by atoms with van der Waals surface area (Å²) in [7, 11) is 0. The molecule has 0 aliphatic heterocycles. The molecule has 0 atom stereocenters. The Balaban J connectivity index is 1.23. The number of nitrogens with zero attached hydrogens (tertiary/aromatic N) is 4. The van der Waals surface area contributed by atoms with Gasteiger partial charge in [0.2, 0.25) is 5.95 Å². The van der Waals surface area contributed by atoms with Gasteiger partial charge < -0.3 is 10.2 Å². The molecule has 0 spiro atoms. The van der Waals surface area contributed by atoms with Gasteiger partial charge in [-0.2, -0.15) is 5.10 Å². The minimum atomic E-state index is 0.300. The number of aromatic nitrogens is 2. The van der Waals surface area contributed by atoms with Crippen LogP contribution in [0, 0.1) is 5.41 Å². The van der Waals surface area contributed by atoms with Gasteiger partial charge in [0.15, 0.2) is 0 Å². The van der Waals surface area contributed by atoms with Gasteiger partial charge in [-0.15, -0.1) is 0 Å². The summed E-state index contributed by atoms with van der Waals surface area (Å²) in [5.74, 6) is 0.358. The van der Waals surface area contributed by atoms with Crippen molar-refractivity contribution in [2.75, 3.05) is 15.6 Å². The lowest BCUT2D eigenvalue weighted by atomic mass is 9.86. The summed E-state index contributed by atoms with van der Waals surface area (Å²) in [6.07, 6.45) is 7.32. The SMILES string of the molecule is N=C1C(c2ccc(Nc3ccccc3)cc2)=CC=C(c2ccc(N(c3ccccc3)c3ccccc3)cc2)C1=NNc1ncccn1. The zero-order chi connectivity index (χ0) is 31.8. The topological polar surface area (TPSA) is 89.3 Å². The molecule has 0 unspecified atom stereocenters. The molecule has 0 bridgehead atoms. The van der Waals surface area contributed by atoms with Crippen LogP contribution in [0.1, 0.15) is 11.1 Å². The molecule has 1 heterocycles. The standard InChI is InChI=1S/C40H31N7/c41-38-36(29-17-21-32(22-18-29)44-31-11-4-1-5-12-31)25-26-37(39(38)45-46-40-42-27-10-28-43-40)30-19-23-35(24-20-30)47(33-13-6-2-7-14-33)34-15-8-3-9-16-34/h1-28,41,44H,(H,42,43,46). The summed E-state index contributed by atoms with van der Waals surface area (Å²) < 4.78 is 0. The number of allylic oxidation sites excluding steroid dienone is 4. The lowest BCUT2D eigenvalue weighted by Gasteiger charge is -2.26. The van der Waals surface area contributed by atoms with Crippen molar-refractivity contribution >= 4 is 57.0 Å². The summed E-state index contributed by atoms with van der Waals surface area (Å²) in [5, 5.41) is 17.4. The molecular weight excluding hydrogens is 578 g/mol. The Morgan fingerprint density at radius 2 is 1.00 bits per heavy atom. The lowest BCUT2D eigenvalue weighted by molar-refractivity contribution is 1.12. The van der Waals surface area contributed by atoms with Crippen molar-refractivity contribution in [2.24, 2.45) is 5.10 Å². The van der Waals surface area contributed by atoms with Gasteiger partial charge in [0.05, 0.1) is 5.71 Å². The van der Waals surface area contributed by atoms with E-state index in [1.54, 1.807) is 18.5 Å². The van der Waals surface area contributed by atoms with Crippen LogP contribution in [0.3, 0.4) is 0 Å². The van der Waals surface area contributed by atoms with E-state index in [0.717, 1.165) is 50.7 Å². The van der Waals surface area contributed by atoms with E-state index in [0.29, 0.717) is 17.4 Å². The second-order valence-corrected chi connectivity index (χ2v) is 10.8. The molecule has 1 aliphatic carbocycles. The highest BCUT2D eigenvalue weighted by Gasteiger charge is 2.24. The minimum absolute atomic E-state index is 0.300. The maximum absolute atomic E-state index is 9.31. The summed E-state index contributed by atoms with van der Waals surface area (Å²) in [5.41, 5.74) is 12.3. The van der Waals surface area contributed by atoms with Gasteiger partial charge in [0.1, 0.15) is 5.71 Å². The van der Waals surface area contributed by atoms with Crippen molar-refractivity contribution in [2.45, 2.75) is 0 Å². The molecule has 1 aliphatic rings. The number of para-hydroxylation sites is 3.